The molecule has 0 spiro atoms. The van der Waals surface area contributed by atoms with Gasteiger partial charge in [0.15, 0.2) is 0 Å². The highest BCUT2D eigenvalue weighted by Gasteiger charge is 2.28. The molecule has 2 aliphatic rings. The highest BCUT2D eigenvalue weighted by atomic mass is 19.1. The summed E-state index contributed by atoms with van der Waals surface area (Å²) in [6, 6.07) is 5.77. The predicted octanol–water partition coefficient (Wildman–Crippen LogP) is 2.03. The van der Waals surface area contributed by atoms with Crippen molar-refractivity contribution in [2.45, 2.75) is 26.2 Å². The number of hydrogen-bond donors (Lipinski definition) is 1. The minimum Gasteiger partial charge on any atom is -0.341 e. The van der Waals surface area contributed by atoms with E-state index in [1.165, 1.54) is 25.0 Å². The van der Waals surface area contributed by atoms with Crippen LogP contribution in [0.25, 0.3) is 0 Å². The van der Waals surface area contributed by atoms with E-state index in [0.717, 1.165) is 45.7 Å². The first-order valence-electron chi connectivity index (χ1n) is 10.3. The lowest BCUT2D eigenvalue weighted by molar-refractivity contribution is -0.133. The first kappa shape index (κ1) is 20.7. The molecule has 1 aliphatic carbocycles. The monoisotopic (exact) mass is 390 g/mol. The van der Waals surface area contributed by atoms with Crippen molar-refractivity contribution < 1.29 is 14.0 Å². The molecule has 0 atom stereocenters. The maximum atomic E-state index is 12.9. The van der Waals surface area contributed by atoms with Gasteiger partial charge in [0, 0.05) is 45.0 Å². The molecule has 1 N–H and O–H groups in total. The van der Waals surface area contributed by atoms with Gasteiger partial charge in [-0.05, 0) is 49.4 Å². The lowest BCUT2D eigenvalue weighted by Crippen LogP contribution is -2.51. The Kier molecular flexibility index (Phi) is 7.39. The first-order chi connectivity index (χ1) is 13.5. The largest absolute Gasteiger partial charge is 0.341 e. The van der Waals surface area contributed by atoms with Crippen LogP contribution in [0.1, 0.15) is 26.2 Å². The van der Waals surface area contributed by atoms with Crippen molar-refractivity contribution in [1.29, 1.82) is 0 Å². The Morgan fingerprint density at radius 3 is 2.25 bits per heavy atom. The van der Waals surface area contributed by atoms with Gasteiger partial charge in [0.1, 0.15) is 5.82 Å². The minimum atomic E-state index is -0.321. The molecule has 0 unspecified atom stereocenters. The van der Waals surface area contributed by atoms with E-state index < -0.39 is 0 Å². The van der Waals surface area contributed by atoms with Gasteiger partial charge in [0.25, 0.3) is 0 Å². The summed E-state index contributed by atoms with van der Waals surface area (Å²) < 4.78 is 12.9. The van der Waals surface area contributed by atoms with Crippen molar-refractivity contribution >= 4 is 17.5 Å². The lowest BCUT2D eigenvalue weighted by atomic mass is 10.2. The fourth-order valence-electron chi connectivity index (χ4n) is 3.53. The Morgan fingerprint density at radius 2 is 1.68 bits per heavy atom. The van der Waals surface area contributed by atoms with Crippen LogP contribution in [-0.2, 0) is 9.59 Å². The summed E-state index contributed by atoms with van der Waals surface area (Å²) in [5, 5.41) is 2.79. The molecule has 0 radical (unpaired) electrons. The molecule has 1 heterocycles. The van der Waals surface area contributed by atoms with Gasteiger partial charge in [0.05, 0.1) is 13.1 Å². The van der Waals surface area contributed by atoms with Crippen LogP contribution in [0.2, 0.25) is 0 Å². The number of halogens is 1. The molecule has 1 aliphatic heterocycles. The normalized spacial score (nSPS) is 18.1. The molecular formula is C21H31FN4O2. The van der Waals surface area contributed by atoms with E-state index in [0.29, 0.717) is 24.7 Å². The number of piperazine rings is 1. The zero-order valence-corrected chi connectivity index (χ0v) is 16.7. The second-order valence-electron chi connectivity index (χ2n) is 7.89. The number of anilines is 1. The maximum Gasteiger partial charge on any atom is 0.238 e. The molecule has 0 aromatic heterocycles. The van der Waals surface area contributed by atoms with Crippen LogP contribution < -0.4 is 5.32 Å². The van der Waals surface area contributed by atoms with Crippen LogP contribution in [0, 0.1) is 11.7 Å². The molecule has 1 saturated heterocycles. The summed E-state index contributed by atoms with van der Waals surface area (Å²) in [6.45, 7) is 7.77. The lowest BCUT2D eigenvalue weighted by Gasteiger charge is -2.35. The topological polar surface area (TPSA) is 55.9 Å². The Hall–Kier alpha value is -1.99. The predicted molar refractivity (Wildman–Crippen MR) is 108 cm³/mol. The smallest absolute Gasteiger partial charge is 0.238 e. The summed E-state index contributed by atoms with van der Waals surface area (Å²) >= 11 is 0. The average molecular weight is 391 g/mol. The minimum absolute atomic E-state index is 0.102. The van der Waals surface area contributed by atoms with E-state index in [9.17, 15) is 14.0 Å². The van der Waals surface area contributed by atoms with Gasteiger partial charge in [-0.1, -0.05) is 6.92 Å². The number of nitrogens with zero attached hydrogens (tertiary/aromatic N) is 3. The van der Waals surface area contributed by atoms with Crippen molar-refractivity contribution in [3.05, 3.63) is 30.1 Å². The fourth-order valence-corrected chi connectivity index (χ4v) is 3.53. The summed E-state index contributed by atoms with van der Waals surface area (Å²) in [6.07, 6.45) is 3.51. The summed E-state index contributed by atoms with van der Waals surface area (Å²) in [4.78, 5) is 31.1. The Morgan fingerprint density at radius 1 is 1.07 bits per heavy atom. The van der Waals surface area contributed by atoms with Crippen molar-refractivity contribution in [1.82, 2.24) is 14.7 Å². The summed E-state index contributed by atoms with van der Waals surface area (Å²) in [5.74, 6) is 0.524. The number of carbonyl (C=O) groups excluding carboxylic acids is 2. The molecule has 6 nitrogen and oxygen atoms in total. The number of nitrogens with one attached hydrogen (secondary N) is 1. The van der Waals surface area contributed by atoms with Gasteiger partial charge >= 0.3 is 0 Å². The molecule has 1 aromatic carbocycles. The molecule has 1 saturated carbocycles. The van der Waals surface area contributed by atoms with E-state index >= 15 is 0 Å². The second kappa shape index (κ2) is 9.98. The highest BCUT2D eigenvalue weighted by molar-refractivity contribution is 5.92. The van der Waals surface area contributed by atoms with Gasteiger partial charge < -0.3 is 10.2 Å². The second-order valence-corrected chi connectivity index (χ2v) is 7.89. The standard InChI is InChI=1S/C21H31FN4O2/c1-2-9-26(14-17-3-4-17)21(28)16-25-12-10-24(11-13-25)15-20(27)23-19-7-5-18(22)6-8-19/h5-8,17H,2-4,9-16H2,1H3,(H,23,27). The quantitative estimate of drug-likeness (QED) is 0.701. The first-order valence-corrected chi connectivity index (χ1v) is 10.3. The van der Waals surface area contributed by atoms with Gasteiger partial charge in [-0.3, -0.25) is 19.4 Å². The van der Waals surface area contributed by atoms with Gasteiger partial charge in [-0.25, -0.2) is 4.39 Å². The molecule has 1 aromatic rings. The molecule has 28 heavy (non-hydrogen) atoms. The molecule has 3 rings (SSSR count). The Balaban J connectivity index is 1.38. The van der Waals surface area contributed by atoms with Crippen molar-refractivity contribution in [2.24, 2.45) is 5.92 Å². The van der Waals surface area contributed by atoms with E-state index in [-0.39, 0.29) is 17.6 Å². The third-order valence-electron chi connectivity index (χ3n) is 5.34. The van der Waals surface area contributed by atoms with Crippen LogP contribution in [0.4, 0.5) is 10.1 Å². The zero-order chi connectivity index (χ0) is 19.9. The van der Waals surface area contributed by atoms with E-state index in [4.69, 9.17) is 0 Å². The van der Waals surface area contributed by atoms with E-state index in [2.05, 4.69) is 22.0 Å². The molecule has 7 heteroatoms. The molecule has 2 amide bonds. The van der Waals surface area contributed by atoms with Gasteiger partial charge in [-0.15, -0.1) is 0 Å². The van der Waals surface area contributed by atoms with E-state index in [1.54, 1.807) is 12.1 Å². The average Bonchev–Trinajstić information content (AvgIpc) is 3.49. The molecule has 154 valence electrons. The Labute approximate surface area is 166 Å². The fraction of sp³-hybridized carbons (Fsp3) is 0.619. The van der Waals surface area contributed by atoms with Crippen LogP contribution in [0.5, 0.6) is 0 Å². The molecule has 2 fully saturated rings. The van der Waals surface area contributed by atoms with Gasteiger partial charge in [-0.2, -0.15) is 0 Å². The highest BCUT2D eigenvalue weighted by Crippen LogP contribution is 2.29. The summed E-state index contributed by atoms with van der Waals surface area (Å²) in [5.41, 5.74) is 0.599. The van der Waals surface area contributed by atoms with Crippen LogP contribution in [0.3, 0.4) is 0 Å². The van der Waals surface area contributed by atoms with Gasteiger partial charge in [0.2, 0.25) is 11.8 Å². The van der Waals surface area contributed by atoms with Crippen molar-refractivity contribution in [3.8, 4) is 0 Å². The third kappa shape index (κ3) is 6.56. The number of rotatable bonds is 9. The van der Waals surface area contributed by atoms with Crippen LogP contribution in [-0.4, -0.2) is 78.9 Å². The SMILES string of the molecule is CCCN(CC1CC1)C(=O)CN1CCN(CC(=O)Nc2ccc(F)cc2)CC1. The van der Waals surface area contributed by atoms with E-state index in [1.807, 2.05) is 4.90 Å². The third-order valence-corrected chi connectivity index (χ3v) is 5.34. The molecule has 0 bridgehead atoms. The zero-order valence-electron chi connectivity index (χ0n) is 16.7. The van der Waals surface area contributed by atoms with Crippen molar-refractivity contribution in [2.75, 3.05) is 57.7 Å². The van der Waals surface area contributed by atoms with Crippen LogP contribution in [0.15, 0.2) is 24.3 Å². The number of benzene rings is 1. The summed E-state index contributed by atoms with van der Waals surface area (Å²) in [7, 11) is 0. The number of carbonyl (C=O) groups is 2. The number of amides is 2. The van der Waals surface area contributed by atoms with Crippen molar-refractivity contribution in [3.63, 3.8) is 0 Å². The van der Waals surface area contributed by atoms with Crippen LogP contribution >= 0.6 is 0 Å². The number of hydrogen-bond acceptors (Lipinski definition) is 4. The Bertz CT molecular complexity index is 655. The maximum absolute atomic E-state index is 12.9. The molecular weight excluding hydrogens is 359 g/mol.